The lowest BCUT2D eigenvalue weighted by Gasteiger charge is -2.21. The van der Waals surface area contributed by atoms with Crippen LogP contribution in [0, 0.1) is 0 Å². The second kappa shape index (κ2) is 6.37. The highest BCUT2D eigenvalue weighted by Gasteiger charge is 2.12. The summed E-state index contributed by atoms with van der Waals surface area (Å²) in [5, 5.41) is 2.06. The van der Waals surface area contributed by atoms with Crippen molar-refractivity contribution in [3.05, 3.63) is 20.8 Å². The van der Waals surface area contributed by atoms with Gasteiger partial charge in [-0.25, -0.2) is 0 Å². The molecule has 0 bridgehead atoms. The van der Waals surface area contributed by atoms with Gasteiger partial charge in [0.1, 0.15) is 0 Å². The van der Waals surface area contributed by atoms with Crippen molar-refractivity contribution >= 4 is 33.2 Å². The zero-order chi connectivity index (χ0) is 12.1. The number of hydrogen-bond acceptors (Lipinski definition) is 3. The van der Waals surface area contributed by atoms with Crippen molar-refractivity contribution in [3.63, 3.8) is 0 Å². The van der Waals surface area contributed by atoms with E-state index < -0.39 is 0 Å². The van der Waals surface area contributed by atoms with E-state index in [0.717, 1.165) is 17.6 Å². The number of halogens is 1. The van der Waals surface area contributed by atoms with Crippen LogP contribution in [0.15, 0.2) is 15.9 Å². The van der Waals surface area contributed by atoms with Gasteiger partial charge in [0.2, 0.25) is 5.91 Å². The first-order valence-corrected chi connectivity index (χ1v) is 6.86. The molecule has 0 fully saturated rings. The summed E-state index contributed by atoms with van der Waals surface area (Å²) >= 11 is 5.22. The average Bonchev–Trinajstić information content (AvgIpc) is 2.63. The first-order valence-electron chi connectivity index (χ1n) is 5.19. The second-order valence-electron chi connectivity index (χ2n) is 3.78. The van der Waals surface area contributed by atoms with Crippen molar-refractivity contribution in [2.75, 3.05) is 27.2 Å². The van der Waals surface area contributed by atoms with Crippen LogP contribution in [-0.2, 0) is 11.3 Å². The molecule has 0 saturated carbocycles. The van der Waals surface area contributed by atoms with Gasteiger partial charge in [-0.1, -0.05) is 6.92 Å². The molecule has 3 nitrogen and oxygen atoms in total. The Morgan fingerprint density at radius 3 is 2.62 bits per heavy atom. The fraction of sp³-hybridized carbons (Fsp3) is 0.545. The number of carbonyl (C=O) groups excluding carboxylic acids is 1. The van der Waals surface area contributed by atoms with E-state index in [1.165, 1.54) is 4.88 Å². The normalized spacial score (nSPS) is 10.8. The summed E-state index contributed by atoms with van der Waals surface area (Å²) in [6.07, 6.45) is 0. The van der Waals surface area contributed by atoms with E-state index in [0.29, 0.717) is 6.54 Å². The van der Waals surface area contributed by atoms with Gasteiger partial charge in [-0.05, 0) is 33.9 Å². The minimum atomic E-state index is 0.148. The lowest BCUT2D eigenvalue weighted by Crippen LogP contribution is -2.36. The fourth-order valence-corrected chi connectivity index (χ4v) is 2.77. The maximum Gasteiger partial charge on any atom is 0.236 e. The Kier molecular flexibility index (Phi) is 5.44. The van der Waals surface area contributed by atoms with Crippen molar-refractivity contribution in [2.24, 2.45) is 0 Å². The van der Waals surface area contributed by atoms with Crippen molar-refractivity contribution in [1.82, 2.24) is 9.80 Å². The minimum absolute atomic E-state index is 0.148. The Labute approximate surface area is 109 Å². The van der Waals surface area contributed by atoms with Crippen molar-refractivity contribution in [3.8, 4) is 0 Å². The highest BCUT2D eigenvalue weighted by atomic mass is 79.9. The lowest BCUT2D eigenvalue weighted by molar-refractivity contribution is -0.130. The molecule has 0 aromatic carbocycles. The maximum atomic E-state index is 11.6. The molecule has 1 aromatic heterocycles. The highest BCUT2D eigenvalue weighted by molar-refractivity contribution is 9.10. The SMILES string of the molecule is CCN(CC(=O)N(C)C)Cc1sccc1Br. The van der Waals surface area contributed by atoms with E-state index in [2.05, 4.69) is 33.1 Å². The molecule has 0 aliphatic heterocycles. The van der Waals surface area contributed by atoms with Crippen molar-refractivity contribution in [1.29, 1.82) is 0 Å². The van der Waals surface area contributed by atoms with Crippen molar-refractivity contribution < 1.29 is 4.79 Å². The van der Waals surface area contributed by atoms with Gasteiger partial charge in [-0.2, -0.15) is 0 Å². The number of likely N-dealkylation sites (N-methyl/N-ethyl adjacent to an activating group) is 2. The monoisotopic (exact) mass is 304 g/mol. The molecule has 0 aliphatic carbocycles. The summed E-state index contributed by atoms with van der Waals surface area (Å²) in [4.78, 5) is 16.6. The molecule has 0 saturated heterocycles. The summed E-state index contributed by atoms with van der Waals surface area (Å²) < 4.78 is 1.13. The van der Waals surface area contributed by atoms with E-state index >= 15 is 0 Å². The zero-order valence-corrected chi connectivity index (χ0v) is 12.3. The number of amides is 1. The molecule has 0 N–H and O–H groups in total. The molecule has 0 unspecified atom stereocenters. The summed E-state index contributed by atoms with van der Waals surface area (Å²) in [7, 11) is 3.58. The van der Waals surface area contributed by atoms with Gasteiger partial charge >= 0.3 is 0 Å². The predicted molar refractivity (Wildman–Crippen MR) is 71.7 cm³/mol. The highest BCUT2D eigenvalue weighted by Crippen LogP contribution is 2.23. The molecule has 0 aliphatic rings. The second-order valence-corrected chi connectivity index (χ2v) is 5.64. The van der Waals surface area contributed by atoms with Gasteiger partial charge in [-0.15, -0.1) is 11.3 Å². The van der Waals surface area contributed by atoms with E-state index in [9.17, 15) is 4.79 Å². The molecule has 5 heteroatoms. The summed E-state index contributed by atoms with van der Waals surface area (Å²) in [6.45, 7) is 4.26. The van der Waals surface area contributed by atoms with Crippen LogP contribution in [0.25, 0.3) is 0 Å². The first kappa shape index (κ1) is 13.7. The third-order valence-corrected chi connectivity index (χ3v) is 4.27. The molecule has 1 heterocycles. The Balaban J connectivity index is 2.56. The van der Waals surface area contributed by atoms with Gasteiger partial charge in [0, 0.05) is 30.0 Å². The molecule has 0 radical (unpaired) electrons. The quantitative estimate of drug-likeness (QED) is 0.834. The number of nitrogens with zero attached hydrogens (tertiary/aromatic N) is 2. The summed E-state index contributed by atoms with van der Waals surface area (Å²) in [6, 6.07) is 2.04. The smallest absolute Gasteiger partial charge is 0.236 e. The summed E-state index contributed by atoms with van der Waals surface area (Å²) in [5.74, 6) is 0.148. The number of carbonyl (C=O) groups is 1. The van der Waals surface area contributed by atoms with Crippen LogP contribution in [-0.4, -0.2) is 42.9 Å². The Hall–Kier alpha value is -0.390. The number of hydrogen-bond donors (Lipinski definition) is 0. The number of rotatable bonds is 5. The maximum absolute atomic E-state index is 11.6. The molecule has 1 aromatic rings. The number of thiophene rings is 1. The minimum Gasteiger partial charge on any atom is -0.348 e. The van der Waals surface area contributed by atoms with E-state index in [1.54, 1.807) is 30.3 Å². The van der Waals surface area contributed by atoms with Gasteiger partial charge < -0.3 is 4.90 Å². The summed E-state index contributed by atoms with van der Waals surface area (Å²) in [5.41, 5.74) is 0. The largest absolute Gasteiger partial charge is 0.348 e. The first-order chi connectivity index (χ1) is 7.54. The average molecular weight is 305 g/mol. The van der Waals surface area contributed by atoms with Crippen molar-refractivity contribution in [2.45, 2.75) is 13.5 Å². The third-order valence-electron chi connectivity index (χ3n) is 2.36. The Morgan fingerprint density at radius 1 is 1.50 bits per heavy atom. The molecule has 90 valence electrons. The Bertz CT molecular complexity index is 352. The topological polar surface area (TPSA) is 23.6 Å². The van der Waals surface area contributed by atoms with Gasteiger partial charge in [0.05, 0.1) is 6.54 Å². The molecule has 1 amide bonds. The molecule has 0 atom stereocenters. The molecular formula is C11H17BrN2OS. The molecule has 16 heavy (non-hydrogen) atoms. The van der Waals surface area contributed by atoms with Gasteiger partial charge in [0.25, 0.3) is 0 Å². The van der Waals surface area contributed by atoms with Crippen LogP contribution in [0.1, 0.15) is 11.8 Å². The Morgan fingerprint density at radius 2 is 2.19 bits per heavy atom. The van der Waals surface area contributed by atoms with E-state index in [1.807, 2.05) is 6.07 Å². The fourth-order valence-electron chi connectivity index (χ4n) is 1.25. The predicted octanol–water partition coefficient (Wildman–Crippen LogP) is 2.42. The van der Waals surface area contributed by atoms with Crippen LogP contribution in [0.5, 0.6) is 0 Å². The third kappa shape index (κ3) is 3.88. The molecule has 0 spiro atoms. The van der Waals surface area contributed by atoms with Crippen LogP contribution in [0.4, 0.5) is 0 Å². The van der Waals surface area contributed by atoms with Crippen LogP contribution in [0.2, 0.25) is 0 Å². The van der Waals surface area contributed by atoms with Gasteiger partial charge in [0.15, 0.2) is 0 Å². The van der Waals surface area contributed by atoms with E-state index in [4.69, 9.17) is 0 Å². The molecule has 1 rings (SSSR count). The van der Waals surface area contributed by atoms with Crippen LogP contribution < -0.4 is 0 Å². The van der Waals surface area contributed by atoms with Gasteiger partial charge in [-0.3, -0.25) is 9.69 Å². The standard InChI is InChI=1S/C11H17BrN2OS/c1-4-14(8-11(15)13(2)3)7-10-9(12)5-6-16-10/h5-6H,4,7-8H2,1-3H3. The van der Waals surface area contributed by atoms with E-state index in [-0.39, 0.29) is 5.91 Å². The van der Waals surface area contributed by atoms with Crippen LogP contribution in [0.3, 0.4) is 0 Å². The van der Waals surface area contributed by atoms with Crippen LogP contribution >= 0.6 is 27.3 Å². The lowest BCUT2D eigenvalue weighted by atomic mass is 10.4. The molecular weight excluding hydrogens is 288 g/mol. The zero-order valence-electron chi connectivity index (χ0n) is 9.86.